The summed E-state index contributed by atoms with van der Waals surface area (Å²) >= 11 is 1.10. The number of aromatic nitrogens is 4. The highest BCUT2D eigenvalue weighted by atomic mass is 32.1. The number of hydrogen-bond acceptors (Lipinski definition) is 7. The highest BCUT2D eigenvalue weighted by molar-refractivity contribution is 7.15. The van der Waals surface area contributed by atoms with E-state index in [1.54, 1.807) is 27.7 Å². The Morgan fingerprint density at radius 3 is 2.65 bits per heavy atom. The largest absolute Gasteiger partial charge is 0.444 e. The van der Waals surface area contributed by atoms with Gasteiger partial charge in [-0.15, -0.1) is 5.10 Å². The van der Waals surface area contributed by atoms with Crippen molar-refractivity contribution in [2.24, 2.45) is 5.73 Å². The number of nitrogens with zero attached hydrogens (tertiary/aromatic N) is 4. The molecule has 0 fully saturated rings. The van der Waals surface area contributed by atoms with Gasteiger partial charge in [-0.25, -0.2) is 14.8 Å². The van der Waals surface area contributed by atoms with E-state index < -0.39 is 23.6 Å². The standard InChI is InChI=1S/C13H18N6O3S/c1-7(17-12(21)22-13(2,3)4)10-16-6-19(18-10)11-15-5-8(23-11)9(14)20/h5-7H,1-4H3,(H2,14,20)(H,17,21)/t7-/m0/s1. The molecule has 2 heterocycles. The smallest absolute Gasteiger partial charge is 0.408 e. The van der Waals surface area contributed by atoms with Crippen molar-refractivity contribution in [3.05, 3.63) is 23.2 Å². The predicted octanol–water partition coefficient (Wildman–Crippen LogP) is 1.41. The summed E-state index contributed by atoms with van der Waals surface area (Å²) in [7, 11) is 0. The molecule has 9 nitrogen and oxygen atoms in total. The second-order valence-electron chi connectivity index (χ2n) is 5.79. The first kappa shape index (κ1) is 16.9. The van der Waals surface area contributed by atoms with Crippen molar-refractivity contribution < 1.29 is 14.3 Å². The summed E-state index contributed by atoms with van der Waals surface area (Å²) < 4.78 is 6.59. The fourth-order valence-corrected chi connectivity index (χ4v) is 2.29. The lowest BCUT2D eigenvalue weighted by molar-refractivity contribution is 0.0505. The van der Waals surface area contributed by atoms with Crippen LogP contribution in [0.5, 0.6) is 0 Å². The van der Waals surface area contributed by atoms with Crippen LogP contribution in [0.3, 0.4) is 0 Å². The minimum atomic E-state index is -0.581. The first-order chi connectivity index (χ1) is 10.7. The van der Waals surface area contributed by atoms with Gasteiger partial charge in [-0.2, -0.15) is 4.68 Å². The van der Waals surface area contributed by atoms with Gasteiger partial charge in [0.15, 0.2) is 5.82 Å². The summed E-state index contributed by atoms with van der Waals surface area (Å²) in [4.78, 5) is 31.3. The van der Waals surface area contributed by atoms with Gasteiger partial charge >= 0.3 is 6.09 Å². The molecule has 0 aromatic carbocycles. The van der Waals surface area contributed by atoms with Crippen LogP contribution < -0.4 is 11.1 Å². The molecule has 0 unspecified atom stereocenters. The second kappa shape index (κ2) is 6.32. The Morgan fingerprint density at radius 2 is 2.09 bits per heavy atom. The third-order valence-corrected chi connectivity index (χ3v) is 3.56. The van der Waals surface area contributed by atoms with E-state index in [0.29, 0.717) is 15.8 Å². The first-order valence-corrected chi connectivity index (χ1v) is 7.64. The third-order valence-electron chi connectivity index (χ3n) is 2.56. The van der Waals surface area contributed by atoms with Crippen LogP contribution in [-0.2, 0) is 4.74 Å². The second-order valence-corrected chi connectivity index (χ2v) is 6.80. The maximum atomic E-state index is 11.7. The van der Waals surface area contributed by atoms with Crippen molar-refractivity contribution in [1.82, 2.24) is 25.1 Å². The fourth-order valence-electron chi connectivity index (χ4n) is 1.60. The first-order valence-electron chi connectivity index (χ1n) is 6.83. The summed E-state index contributed by atoms with van der Waals surface area (Å²) in [5, 5.41) is 7.34. The molecule has 124 valence electrons. The van der Waals surface area contributed by atoms with E-state index in [4.69, 9.17) is 10.5 Å². The molecule has 0 radical (unpaired) electrons. The molecule has 10 heteroatoms. The number of carbonyl (C=O) groups is 2. The van der Waals surface area contributed by atoms with E-state index >= 15 is 0 Å². The summed E-state index contributed by atoms with van der Waals surface area (Å²) in [5.74, 6) is -0.152. The van der Waals surface area contributed by atoms with E-state index in [0.717, 1.165) is 11.3 Å². The molecule has 1 atom stereocenters. The Kier molecular flexibility index (Phi) is 4.64. The van der Waals surface area contributed by atoms with E-state index in [-0.39, 0.29) is 0 Å². The van der Waals surface area contributed by atoms with Crippen molar-refractivity contribution in [1.29, 1.82) is 0 Å². The minimum absolute atomic E-state index is 0.331. The van der Waals surface area contributed by atoms with Crippen molar-refractivity contribution >= 4 is 23.3 Å². The van der Waals surface area contributed by atoms with Crippen LogP contribution in [0, 0.1) is 0 Å². The Hall–Kier alpha value is -2.49. The van der Waals surface area contributed by atoms with Gasteiger partial charge in [-0.05, 0) is 27.7 Å². The molecule has 0 spiro atoms. The Balaban J connectivity index is 2.06. The summed E-state index contributed by atoms with van der Waals surface area (Å²) in [6.07, 6.45) is 2.28. The third kappa shape index (κ3) is 4.49. The van der Waals surface area contributed by atoms with E-state index in [9.17, 15) is 9.59 Å². The molecule has 0 saturated carbocycles. The highest BCUT2D eigenvalue weighted by Crippen LogP contribution is 2.17. The van der Waals surface area contributed by atoms with Crippen LogP contribution in [-0.4, -0.2) is 37.3 Å². The van der Waals surface area contributed by atoms with Crippen LogP contribution in [0.1, 0.15) is 49.2 Å². The number of nitrogens with two attached hydrogens (primary N) is 1. The van der Waals surface area contributed by atoms with Crippen molar-refractivity contribution in [2.75, 3.05) is 0 Å². The lowest BCUT2D eigenvalue weighted by atomic mass is 10.2. The number of thiazole rings is 1. The summed E-state index contributed by atoms with van der Waals surface area (Å²) in [5.41, 5.74) is 4.61. The van der Waals surface area contributed by atoms with Crippen molar-refractivity contribution in [3.63, 3.8) is 0 Å². The number of nitrogens with one attached hydrogen (secondary N) is 1. The van der Waals surface area contributed by atoms with Crippen LogP contribution in [0.4, 0.5) is 4.79 Å². The van der Waals surface area contributed by atoms with Crippen LogP contribution >= 0.6 is 11.3 Å². The topological polar surface area (TPSA) is 125 Å². The highest BCUT2D eigenvalue weighted by Gasteiger charge is 2.20. The van der Waals surface area contributed by atoms with Gasteiger partial charge in [0.05, 0.1) is 12.2 Å². The molecule has 2 aromatic rings. The van der Waals surface area contributed by atoms with Crippen molar-refractivity contribution in [3.8, 4) is 5.13 Å². The van der Waals surface area contributed by atoms with Gasteiger partial charge in [0.2, 0.25) is 5.13 Å². The molecule has 3 N–H and O–H groups in total. The van der Waals surface area contributed by atoms with Crippen LogP contribution in [0.25, 0.3) is 5.13 Å². The molecule has 2 rings (SSSR count). The lowest BCUT2D eigenvalue weighted by Gasteiger charge is -2.21. The Morgan fingerprint density at radius 1 is 1.39 bits per heavy atom. The molecule has 0 bridgehead atoms. The number of rotatable bonds is 4. The maximum absolute atomic E-state index is 11.7. The lowest BCUT2D eigenvalue weighted by Crippen LogP contribution is -2.34. The molecule has 0 aliphatic heterocycles. The average molecular weight is 338 g/mol. The van der Waals surface area contributed by atoms with E-state index in [1.165, 1.54) is 17.2 Å². The van der Waals surface area contributed by atoms with Gasteiger partial charge in [0.25, 0.3) is 5.91 Å². The normalized spacial score (nSPS) is 12.7. The minimum Gasteiger partial charge on any atom is -0.444 e. The zero-order valence-electron chi connectivity index (χ0n) is 13.2. The zero-order chi connectivity index (χ0) is 17.2. The number of ether oxygens (including phenoxy) is 1. The number of carbonyl (C=O) groups excluding carboxylic acids is 2. The molecular weight excluding hydrogens is 320 g/mol. The molecule has 23 heavy (non-hydrogen) atoms. The number of alkyl carbamates (subject to hydrolysis) is 1. The van der Waals surface area contributed by atoms with E-state index in [2.05, 4.69) is 20.4 Å². The van der Waals surface area contributed by atoms with Gasteiger partial charge in [0.1, 0.15) is 16.8 Å². The van der Waals surface area contributed by atoms with Crippen molar-refractivity contribution in [2.45, 2.75) is 39.3 Å². The SMILES string of the molecule is C[C@H](NC(=O)OC(C)(C)C)c1ncn(-c2ncc(C(N)=O)s2)n1. The molecular formula is C13H18N6O3S. The summed E-state index contributed by atoms with van der Waals surface area (Å²) in [6.45, 7) is 7.08. The van der Waals surface area contributed by atoms with Gasteiger partial charge in [0, 0.05) is 0 Å². The molecule has 2 amide bonds. The number of amides is 2. The monoisotopic (exact) mass is 338 g/mol. The van der Waals surface area contributed by atoms with Crippen LogP contribution in [0.15, 0.2) is 12.5 Å². The van der Waals surface area contributed by atoms with E-state index in [1.807, 2.05) is 0 Å². The quantitative estimate of drug-likeness (QED) is 0.868. The predicted molar refractivity (Wildman–Crippen MR) is 83.3 cm³/mol. The van der Waals surface area contributed by atoms with Crippen LogP contribution in [0.2, 0.25) is 0 Å². The molecule has 0 aliphatic carbocycles. The number of hydrogen-bond donors (Lipinski definition) is 2. The zero-order valence-corrected chi connectivity index (χ0v) is 14.0. The number of primary amides is 1. The fraction of sp³-hybridized carbons (Fsp3) is 0.462. The summed E-state index contributed by atoms with van der Waals surface area (Å²) in [6, 6.07) is -0.443. The van der Waals surface area contributed by atoms with Gasteiger partial charge in [-0.1, -0.05) is 11.3 Å². The molecule has 0 aliphatic rings. The Labute approximate surface area is 136 Å². The maximum Gasteiger partial charge on any atom is 0.408 e. The molecule has 2 aromatic heterocycles. The average Bonchev–Trinajstić information content (AvgIpc) is 3.05. The molecule has 0 saturated heterocycles. The Bertz CT molecular complexity index is 717. The van der Waals surface area contributed by atoms with Gasteiger partial charge < -0.3 is 15.8 Å². The van der Waals surface area contributed by atoms with Gasteiger partial charge in [-0.3, -0.25) is 4.79 Å².